The molecule has 0 spiro atoms. The third kappa shape index (κ3) is 11.0. The molecule has 5 heterocycles. The number of nitrogens with one attached hydrogen (secondary N) is 2. The molecule has 8 heteroatoms. The van der Waals surface area contributed by atoms with E-state index in [1.807, 2.05) is 12.1 Å². The van der Waals surface area contributed by atoms with Crippen molar-refractivity contribution in [3.05, 3.63) is 153 Å². The van der Waals surface area contributed by atoms with E-state index in [0.29, 0.717) is 26.1 Å². The number of aromatic nitrogens is 4. The number of fused-ring (bicyclic) bond motifs is 8. The summed E-state index contributed by atoms with van der Waals surface area (Å²) in [4.78, 5) is 42.1. The lowest BCUT2D eigenvalue weighted by molar-refractivity contribution is -0.118. The number of hydrogen-bond donors (Lipinski definition) is 2. The van der Waals surface area contributed by atoms with Gasteiger partial charge in [-0.1, -0.05) is 59.7 Å². The van der Waals surface area contributed by atoms with Crippen molar-refractivity contribution in [1.29, 1.82) is 0 Å². The molecule has 0 aliphatic carbocycles. The first-order valence-corrected chi connectivity index (χ1v) is 25.6. The standard InChI is InChI=1S/C64H66N4O4/c1-39-33-41(3)59(42(4)34-39)63-55-27-23-51(65-55)61(47-19-15-21-49(37-47)71-31-13-9-11-17-45(7)69)53-25-29-57(67-53)64(60-43(5)35-40(2)36-44(60)6)58-30-26-54(68-58)62(52-24-28-56(63)66-52)48-20-16-22-50(38-48)72-32-14-10-12-18-46(8)70/h15-16,19-30,33-38,65,68H,9-14,17-18,31-32H2,1-8H3. The Hall–Kier alpha value is -7.58. The normalized spacial score (nSPS) is 11.9. The average Bonchev–Trinajstić information content (AvgIpc) is 4.19. The van der Waals surface area contributed by atoms with Crippen LogP contribution in [0.15, 0.2) is 97.1 Å². The minimum Gasteiger partial charge on any atom is -0.494 e. The molecule has 2 N–H and O–H groups in total. The van der Waals surface area contributed by atoms with E-state index in [0.717, 1.165) is 139 Å². The number of rotatable bonds is 18. The molecule has 0 unspecified atom stereocenters. The van der Waals surface area contributed by atoms with Crippen molar-refractivity contribution in [2.45, 2.75) is 107 Å². The fourth-order valence-electron chi connectivity index (χ4n) is 10.7. The summed E-state index contributed by atoms with van der Waals surface area (Å²) in [5.74, 6) is 2.02. The molecule has 2 aliphatic heterocycles. The molecule has 0 atom stereocenters. The first-order chi connectivity index (χ1) is 34.8. The highest BCUT2D eigenvalue weighted by molar-refractivity contribution is 6.01. The van der Waals surface area contributed by atoms with E-state index in [2.05, 4.69) is 161 Å². The Morgan fingerprint density at radius 2 is 0.764 bits per heavy atom. The van der Waals surface area contributed by atoms with Crippen molar-refractivity contribution in [3.8, 4) is 56.0 Å². The number of unbranched alkanes of at least 4 members (excludes halogenated alkanes) is 4. The van der Waals surface area contributed by atoms with Crippen LogP contribution >= 0.6 is 0 Å². The van der Waals surface area contributed by atoms with Gasteiger partial charge in [0.25, 0.3) is 0 Å². The average molecular weight is 955 g/mol. The van der Waals surface area contributed by atoms with Crippen LogP contribution in [-0.2, 0) is 9.59 Å². The third-order valence-corrected chi connectivity index (χ3v) is 13.7. The van der Waals surface area contributed by atoms with Gasteiger partial charge in [0.1, 0.15) is 23.1 Å². The van der Waals surface area contributed by atoms with E-state index in [1.54, 1.807) is 13.8 Å². The van der Waals surface area contributed by atoms with Crippen LogP contribution < -0.4 is 9.47 Å². The molecule has 0 amide bonds. The number of carbonyl (C=O) groups is 2. The summed E-state index contributed by atoms with van der Waals surface area (Å²) in [6.07, 6.45) is 15.2. The van der Waals surface area contributed by atoms with E-state index >= 15 is 0 Å². The molecule has 72 heavy (non-hydrogen) atoms. The van der Waals surface area contributed by atoms with Gasteiger partial charge in [-0.3, -0.25) is 0 Å². The van der Waals surface area contributed by atoms with Gasteiger partial charge in [-0.15, -0.1) is 0 Å². The van der Waals surface area contributed by atoms with Crippen molar-refractivity contribution in [1.82, 2.24) is 19.9 Å². The van der Waals surface area contributed by atoms with Gasteiger partial charge in [-0.25, -0.2) is 9.97 Å². The second kappa shape index (κ2) is 21.8. The van der Waals surface area contributed by atoms with Crippen LogP contribution in [0.3, 0.4) is 0 Å². The van der Waals surface area contributed by atoms with Gasteiger partial charge in [0, 0.05) is 57.2 Å². The Bertz CT molecular complexity index is 3180. The highest BCUT2D eigenvalue weighted by Gasteiger charge is 2.22. The Labute approximate surface area is 424 Å². The van der Waals surface area contributed by atoms with Crippen molar-refractivity contribution in [2.75, 3.05) is 13.2 Å². The molecular formula is C64H66N4O4. The molecule has 366 valence electrons. The van der Waals surface area contributed by atoms with Crippen LogP contribution in [-0.4, -0.2) is 44.7 Å². The lowest BCUT2D eigenvalue weighted by atomic mass is 9.92. The number of Topliss-reactive ketones (excluding diaryl/α,β-unsaturated/α-hetero) is 2. The summed E-state index contributed by atoms with van der Waals surface area (Å²) in [5, 5.41) is 0. The largest absolute Gasteiger partial charge is 0.494 e. The van der Waals surface area contributed by atoms with Gasteiger partial charge in [0.15, 0.2) is 0 Å². The maximum absolute atomic E-state index is 11.5. The van der Waals surface area contributed by atoms with Gasteiger partial charge >= 0.3 is 0 Å². The summed E-state index contributed by atoms with van der Waals surface area (Å²) < 4.78 is 12.8. The molecule has 4 aromatic carbocycles. The molecule has 0 fully saturated rings. The van der Waals surface area contributed by atoms with Gasteiger partial charge < -0.3 is 29.0 Å². The number of ether oxygens (including phenoxy) is 2. The lowest BCUT2D eigenvalue weighted by Crippen LogP contribution is -1.98. The Balaban J connectivity index is 1.31. The Morgan fingerprint density at radius 1 is 0.417 bits per heavy atom. The molecular weight excluding hydrogens is 889 g/mol. The van der Waals surface area contributed by atoms with Crippen molar-refractivity contribution in [2.24, 2.45) is 0 Å². The van der Waals surface area contributed by atoms with Crippen LogP contribution in [0.25, 0.3) is 90.9 Å². The number of H-pyrrole nitrogens is 2. The number of aromatic amines is 2. The number of hydrogen-bond acceptors (Lipinski definition) is 6. The molecule has 9 rings (SSSR count). The second-order valence-electron chi connectivity index (χ2n) is 19.8. The fourth-order valence-corrected chi connectivity index (χ4v) is 10.7. The molecule has 8 bridgehead atoms. The number of aryl methyl sites for hydroxylation is 6. The van der Waals surface area contributed by atoms with Crippen LogP contribution in [0.1, 0.15) is 121 Å². The van der Waals surface area contributed by atoms with Crippen molar-refractivity contribution < 1.29 is 19.1 Å². The van der Waals surface area contributed by atoms with E-state index in [9.17, 15) is 9.59 Å². The molecule has 0 radical (unpaired) electrons. The maximum atomic E-state index is 11.5. The van der Waals surface area contributed by atoms with Crippen molar-refractivity contribution in [3.63, 3.8) is 0 Å². The topological polar surface area (TPSA) is 110 Å². The van der Waals surface area contributed by atoms with Gasteiger partial charge in [0.05, 0.1) is 36.0 Å². The Morgan fingerprint density at radius 3 is 1.12 bits per heavy atom. The Kier molecular flexibility index (Phi) is 15.0. The van der Waals surface area contributed by atoms with E-state index < -0.39 is 0 Å². The molecule has 7 aromatic rings. The van der Waals surface area contributed by atoms with Crippen molar-refractivity contribution >= 4 is 57.9 Å². The van der Waals surface area contributed by atoms with Crippen LogP contribution in [0.4, 0.5) is 0 Å². The van der Waals surface area contributed by atoms with Gasteiger partial charge in [-0.05, 0) is 211 Å². The van der Waals surface area contributed by atoms with Crippen LogP contribution in [0.2, 0.25) is 0 Å². The summed E-state index contributed by atoms with van der Waals surface area (Å²) in [6, 6.07) is 34.4. The predicted molar refractivity (Wildman–Crippen MR) is 298 cm³/mol. The summed E-state index contributed by atoms with van der Waals surface area (Å²) >= 11 is 0. The van der Waals surface area contributed by atoms with E-state index in [1.165, 1.54) is 33.4 Å². The highest BCUT2D eigenvalue weighted by Crippen LogP contribution is 2.42. The number of nitrogens with zero attached hydrogens (tertiary/aromatic N) is 2. The molecule has 2 aliphatic rings. The molecule has 0 saturated heterocycles. The van der Waals surface area contributed by atoms with Crippen LogP contribution in [0.5, 0.6) is 11.5 Å². The predicted octanol–water partition coefficient (Wildman–Crippen LogP) is 16.2. The molecule has 3 aromatic heterocycles. The first kappa shape index (κ1) is 49.4. The van der Waals surface area contributed by atoms with Gasteiger partial charge in [-0.2, -0.15) is 0 Å². The minimum atomic E-state index is 0.227. The zero-order valence-electron chi connectivity index (χ0n) is 43.1. The first-order valence-electron chi connectivity index (χ1n) is 25.6. The lowest BCUT2D eigenvalue weighted by Gasteiger charge is -2.14. The minimum absolute atomic E-state index is 0.227. The number of benzene rings is 4. The van der Waals surface area contributed by atoms with Crippen LogP contribution in [0, 0.1) is 41.5 Å². The SMILES string of the molecule is CC(=O)CCCCCOc1cccc(-c2c3nc(c(-c4c(C)cc(C)cc4C)c4ccc([nH]4)c(-c4cccc(OCCCCCC(C)=O)c4)c4nc(c(-c5c(C)cc(C)cc5C)c5ccc2[nH]5)C=C4)C=C3)c1. The monoisotopic (exact) mass is 955 g/mol. The maximum Gasteiger partial charge on any atom is 0.129 e. The molecule has 0 saturated carbocycles. The van der Waals surface area contributed by atoms with E-state index in [-0.39, 0.29) is 11.6 Å². The molecule has 8 nitrogen and oxygen atoms in total. The quantitative estimate of drug-likeness (QED) is 0.0829. The third-order valence-electron chi connectivity index (χ3n) is 13.7. The second-order valence-corrected chi connectivity index (χ2v) is 19.8. The number of ketones is 2. The summed E-state index contributed by atoms with van der Waals surface area (Å²) in [7, 11) is 0. The number of carbonyl (C=O) groups excluding carboxylic acids is 2. The smallest absolute Gasteiger partial charge is 0.129 e. The summed E-state index contributed by atoms with van der Waals surface area (Å²) in [5.41, 5.74) is 22.4. The zero-order valence-corrected chi connectivity index (χ0v) is 43.1. The zero-order chi connectivity index (χ0) is 50.5. The van der Waals surface area contributed by atoms with E-state index in [4.69, 9.17) is 19.4 Å². The summed E-state index contributed by atoms with van der Waals surface area (Å²) in [6.45, 7) is 17.5. The fraction of sp³-hybridized carbons (Fsp3) is 0.281. The van der Waals surface area contributed by atoms with Gasteiger partial charge in [0.2, 0.25) is 0 Å². The highest BCUT2D eigenvalue weighted by atomic mass is 16.5.